The number of hydrogen-bond donors (Lipinski definition) is 2. The minimum absolute atomic E-state index is 0.0411. The van der Waals surface area contributed by atoms with E-state index >= 15 is 0 Å². The van der Waals surface area contributed by atoms with Crippen molar-refractivity contribution in [2.75, 3.05) is 17.4 Å². The van der Waals surface area contributed by atoms with Gasteiger partial charge in [0.25, 0.3) is 0 Å². The number of fused-ring (bicyclic) bond motifs is 1. The van der Waals surface area contributed by atoms with Crippen molar-refractivity contribution in [1.82, 2.24) is 9.97 Å². The predicted molar refractivity (Wildman–Crippen MR) is 106 cm³/mol. The topological polar surface area (TPSA) is 85.4 Å². The van der Waals surface area contributed by atoms with E-state index in [1.54, 1.807) is 19.1 Å². The maximum Gasteiger partial charge on any atom is 0.231 e. The minimum Gasteiger partial charge on any atom is -0.454 e. The van der Waals surface area contributed by atoms with Crippen molar-refractivity contribution >= 4 is 23.1 Å². The number of aryl methyl sites for hydroxylation is 1. The largest absolute Gasteiger partial charge is 0.454 e. The second-order valence-corrected chi connectivity index (χ2v) is 6.49. The normalized spacial score (nSPS) is 11.9. The van der Waals surface area contributed by atoms with E-state index in [0.29, 0.717) is 29.6 Å². The van der Waals surface area contributed by atoms with Crippen LogP contribution in [-0.2, 0) is 6.54 Å². The molecule has 4 rings (SSSR count). The number of Topliss-reactive ketones (excluding diaryl/α,β-unsaturated/α-hetero) is 1. The lowest BCUT2D eigenvalue weighted by Crippen LogP contribution is -2.05. The van der Waals surface area contributed by atoms with Gasteiger partial charge in [-0.1, -0.05) is 6.07 Å². The summed E-state index contributed by atoms with van der Waals surface area (Å²) in [7, 11) is 0. The number of hydrogen-bond acceptors (Lipinski definition) is 7. The molecular weight excluding hydrogens is 356 g/mol. The summed E-state index contributed by atoms with van der Waals surface area (Å²) in [5.41, 5.74) is 2.59. The molecule has 7 nitrogen and oxygen atoms in total. The lowest BCUT2D eigenvalue weighted by molar-refractivity contribution is 0.101. The smallest absolute Gasteiger partial charge is 0.231 e. The number of ketones is 1. The quantitative estimate of drug-likeness (QED) is 0.627. The molecule has 2 aromatic carbocycles. The monoisotopic (exact) mass is 376 g/mol. The summed E-state index contributed by atoms with van der Waals surface area (Å²) < 4.78 is 10.7. The number of nitrogens with zero attached hydrogens (tertiary/aromatic N) is 2. The molecule has 1 aromatic heterocycles. The van der Waals surface area contributed by atoms with Crippen molar-refractivity contribution in [2.24, 2.45) is 0 Å². The number of ether oxygens (including phenoxy) is 2. The van der Waals surface area contributed by atoms with Crippen LogP contribution in [0.3, 0.4) is 0 Å². The van der Waals surface area contributed by atoms with Crippen molar-refractivity contribution in [3.05, 3.63) is 65.5 Å². The molecular formula is C21H20N4O3. The summed E-state index contributed by atoms with van der Waals surface area (Å²) in [6, 6.07) is 15.0. The van der Waals surface area contributed by atoms with Gasteiger partial charge < -0.3 is 20.1 Å². The summed E-state index contributed by atoms with van der Waals surface area (Å²) in [5, 5.41) is 6.56. The van der Waals surface area contributed by atoms with Gasteiger partial charge in [-0.2, -0.15) is 0 Å². The first kappa shape index (κ1) is 17.8. The predicted octanol–water partition coefficient (Wildman–Crippen LogP) is 4.07. The molecule has 0 saturated heterocycles. The molecule has 0 radical (unpaired) electrons. The molecule has 0 fully saturated rings. The number of aromatic nitrogens is 2. The van der Waals surface area contributed by atoms with Gasteiger partial charge in [0.2, 0.25) is 6.79 Å². The van der Waals surface area contributed by atoms with Crippen LogP contribution >= 0.6 is 0 Å². The first-order chi connectivity index (χ1) is 13.6. The van der Waals surface area contributed by atoms with Crippen LogP contribution in [0.1, 0.15) is 28.7 Å². The molecule has 0 atom stereocenters. The van der Waals surface area contributed by atoms with E-state index in [4.69, 9.17) is 9.47 Å². The van der Waals surface area contributed by atoms with E-state index in [9.17, 15) is 4.79 Å². The Balaban J connectivity index is 1.45. The Morgan fingerprint density at radius 3 is 2.54 bits per heavy atom. The Bertz CT molecular complexity index is 1020. The van der Waals surface area contributed by atoms with Crippen LogP contribution < -0.4 is 20.1 Å². The van der Waals surface area contributed by atoms with Crippen LogP contribution in [0, 0.1) is 6.92 Å². The standard InChI is InChI=1S/C21H20N4O3/c1-13(26)16-4-6-17(7-5-16)25-21-10-20(23-14(2)24-21)22-11-15-3-8-18-19(9-15)28-12-27-18/h3-10H,11-12H2,1-2H3,(H2,22,23,24,25). The first-order valence-corrected chi connectivity index (χ1v) is 8.93. The summed E-state index contributed by atoms with van der Waals surface area (Å²) in [6.45, 7) is 4.25. The number of benzene rings is 2. The molecule has 0 bridgehead atoms. The molecule has 7 heteroatoms. The van der Waals surface area contributed by atoms with Gasteiger partial charge in [-0.15, -0.1) is 0 Å². The van der Waals surface area contributed by atoms with Gasteiger partial charge in [0.05, 0.1) is 0 Å². The van der Waals surface area contributed by atoms with Gasteiger partial charge in [-0.05, 0) is 55.8 Å². The number of carbonyl (C=O) groups excluding carboxylic acids is 1. The highest BCUT2D eigenvalue weighted by molar-refractivity contribution is 5.94. The zero-order chi connectivity index (χ0) is 19.5. The Morgan fingerprint density at radius 2 is 1.75 bits per heavy atom. The maximum atomic E-state index is 11.4. The van der Waals surface area contributed by atoms with Gasteiger partial charge in [0.15, 0.2) is 17.3 Å². The lowest BCUT2D eigenvalue weighted by Gasteiger charge is -2.11. The van der Waals surface area contributed by atoms with Crippen molar-refractivity contribution in [2.45, 2.75) is 20.4 Å². The Morgan fingerprint density at radius 1 is 1.00 bits per heavy atom. The number of nitrogens with one attached hydrogen (secondary N) is 2. The summed E-state index contributed by atoms with van der Waals surface area (Å²) in [6.07, 6.45) is 0. The minimum atomic E-state index is 0.0411. The molecule has 142 valence electrons. The maximum absolute atomic E-state index is 11.4. The van der Waals surface area contributed by atoms with Crippen LogP contribution in [-0.4, -0.2) is 22.5 Å². The highest BCUT2D eigenvalue weighted by Crippen LogP contribution is 2.32. The zero-order valence-electron chi connectivity index (χ0n) is 15.7. The van der Waals surface area contributed by atoms with Gasteiger partial charge in [0.1, 0.15) is 17.5 Å². The molecule has 0 saturated carbocycles. The van der Waals surface area contributed by atoms with E-state index in [-0.39, 0.29) is 12.6 Å². The third-order valence-electron chi connectivity index (χ3n) is 4.31. The van der Waals surface area contributed by atoms with E-state index in [1.807, 2.05) is 43.3 Å². The second kappa shape index (κ2) is 7.56. The first-order valence-electron chi connectivity index (χ1n) is 8.93. The molecule has 28 heavy (non-hydrogen) atoms. The third-order valence-corrected chi connectivity index (χ3v) is 4.31. The molecule has 1 aliphatic rings. The highest BCUT2D eigenvalue weighted by Gasteiger charge is 2.13. The van der Waals surface area contributed by atoms with Crippen LogP contribution in [0.5, 0.6) is 11.5 Å². The van der Waals surface area contributed by atoms with Gasteiger partial charge in [-0.3, -0.25) is 4.79 Å². The third kappa shape index (κ3) is 4.03. The van der Waals surface area contributed by atoms with Gasteiger partial charge >= 0.3 is 0 Å². The number of carbonyl (C=O) groups is 1. The molecule has 0 amide bonds. The van der Waals surface area contributed by atoms with Gasteiger partial charge in [-0.25, -0.2) is 9.97 Å². The summed E-state index contributed by atoms with van der Waals surface area (Å²) >= 11 is 0. The molecule has 0 spiro atoms. The Kier molecular flexibility index (Phi) is 4.80. The fourth-order valence-electron chi connectivity index (χ4n) is 2.90. The van der Waals surface area contributed by atoms with Crippen LogP contribution in [0.4, 0.5) is 17.3 Å². The average molecular weight is 376 g/mol. The van der Waals surface area contributed by atoms with Crippen molar-refractivity contribution in [3.8, 4) is 11.5 Å². The zero-order valence-corrected chi connectivity index (χ0v) is 15.7. The summed E-state index contributed by atoms with van der Waals surface area (Å²) in [4.78, 5) is 20.3. The molecule has 3 aromatic rings. The number of anilines is 3. The molecule has 0 aliphatic carbocycles. The van der Waals surface area contributed by atoms with Gasteiger partial charge in [0, 0.05) is 23.9 Å². The second-order valence-electron chi connectivity index (χ2n) is 6.49. The number of rotatable bonds is 6. The lowest BCUT2D eigenvalue weighted by atomic mass is 10.1. The summed E-state index contributed by atoms with van der Waals surface area (Å²) in [5.74, 6) is 3.61. The SMILES string of the molecule is CC(=O)c1ccc(Nc2cc(NCc3ccc4c(c3)OCO4)nc(C)n2)cc1. The fraction of sp³-hybridized carbons (Fsp3) is 0.190. The molecule has 2 N–H and O–H groups in total. The highest BCUT2D eigenvalue weighted by atomic mass is 16.7. The van der Waals surface area contributed by atoms with Crippen molar-refractivity contribution < 1.29 is 14.3 Å². The van der Waals surface area contributed by atoms with Crippen LogP contribution in [0.15, 0.2) is 48.5 Å². The van der Waals surface area contributed by atoms with E-state index in [1.165, 1.54) is 0 Å². The van der Waals surface area contributed by atoms with Crippen molar-refractivity contribution in [3.63, 3.8) is 0 Å². The van der Waals surface area contributed by atoms with Crippen LogP contribution in [0.25, 0.3) is 0 Å². The molecule has 2 heterocycles. The molecule has 0 unspecified atom stereocenters. The molecule has 1 aliphatic heterocycles. The Hall–Kier alpha value is -3.61. The van der Waals surface area contributed by atoms with Crippen LogP contribution in [0.2, 0.25) is 0 Å². The van der Waals surface area contributed by atoms with E-state index in [0.717, 1.165) is 22.7 Å². The van der Waals surface area contributed by atoms with E-state index in [2.05, 4.69) is 20.6 Å². The fourth-order valence-corrected chi connectivity index (χ4v) is 2.90. The Labute approximate surface area is 162 Å². The van der Waals surface area contributed by atoms with Crippen molar-refractivity contribution in [1.29, 1.82) is 0 Å². The average Bonchev–Trinajstić information content (AvgIpc) is 3.14. The van der Waals surface area contributed by atoms with E-state index < -0.39 is 0 Å².